The van der Waals surface area contributed by atoms with Crippen LogP contribution in [-0.4, -0.2) is 21.5 Å². The monoisotopic (exact) mass is 293 g/mol. The molecule has 2 aromatic rings. The molecule has 0 bridgehead atoms. The fraction of sp³-hybridized carbons (Fsp3) is 0.182. The Kier molecular flexibility index (Phi) is 3.87. The number of nitrogens with two attached hydrogens (primary N) is 1. The van der Waals surface area contributed by atoms with Crippen LogP contribution in [0.5, 0.6) is 0 Å². The lowest BCUT2D eigenvalue weighted by Crippen LogP contribution is -2.09. The highest BCUT2D eigenvalue weighted by Crippen LogP contribution is 2.12. The number of pyridine rings is 1. The summed E-state index contributed by atoms with van der Waals surface area (Å²) < 4.78 is 0.677. The maximum absolute atomic E-state index is 5.61. The van der Waals surface area contributed by atoms with Crippen LogP contribution in [0, 0.1) is 0 Å². The minimum Gasteiger partial charge on any atom is -0.383 e. The second kappa shape index (κ2) is 5.58. The number of hydrogen-bond donors (Lipinski definition) is 2. The van der Waals surface area contributed by atoms with Gasteiger partial charge in [0, 0.05) is 25.0 Å². The second-order valence-corrected chi connectivity index (χ2v) is 4.28. The van der Waals surface area contributed by atoms with E-state index in [9.17, 15) is 0 Å². The van der Waals surface area contributed by atoms with Crippen molar-refractivity contribution in [3.63, 3.8) is 0 Å². The molecule has 0 fully saturated rings. The van der Waals surface area contributed by atoms with Gasteiger partial charge in [-0.15, -0.1) is 0 Å². The van der Waals surface area contributed by atoms with Crippen molar-refractivity contribution in [2.45, 2.75) is 6.42 Å². The van der Waals surface area contributed by atoms with Gasteiger partial charge < -0.3 is 11.1 Å². The van der Waals surface area contributed by atoms with Gasteiger partial charge in [0.05, 0.1) is 0 Å². The SMILES string of the molecule is Nc1cc(Br)nc(NCCc2ccncc2)n1. The van der Waals surface area contributed by atoms with Gasteiger partial charge in [-0.25, -0.2) is 4.98 Å². The van der Waals surface area contributed by atoms with Crippen molar-refractivity contribution in [1.82, 2.24) is 15.0 Å². The highest BCUT2D eigenvalue weighted by molar-refractivity contribution is 9.10. The first-order valence-corrected chi connectivity index (χ1v) is 5.96. The predicted molar refractivity (Wildman–Crippen MR) is 70.6 cm³/mol. The number of anilines is 2. The Morgan fingerprint density at radius 1 is 1.24 bits per heavy atom. The smallest absolute Gasteiger partial charge is 0.225 e. The molecule has 0 atom stereocenters. The first kappa shape index (κ1) is 11.8. The van der Waals surface area contributed by atoms with E-state index in [1.54, 1.807) is 18.5 Å². The molecule has 0 saturated heterocycles. The van der Waals surface area contributed by atoms with Crippen molar-refractivity contribution in [3.05, 3.63) is 40.8 Å². The molecule has 88 valence electrons. The highest BCUT2D eigenvalue weighted by Gasteiger charge is 2.00. The zero-order chi connectivity index (χ0) is 12.1. The summed E-state index contributed by atoms with van der Waals surface area (Å²) in [7, 11) is 0. The van der Waals surface area contributed by atoms with Crippen LogP contribution in [0.15, 0.2) is 35.2 Å². The molecule has 5 nitrogen and oxygen atoms in total. The molecule has 0 unspecified atom stereocenters. The molecule has 0 radical (unpaired) electrons. The Labute approximate surface area is 108 Å². The lowest BCUT2D eigenvalue weighted by molar-refractivity contribution is 0.977. The minimum absolute atomic E-state index is 0.443. The summed E-state index contributed by atoms with van der Waals surface area (Å²) in [5.74, 6) is 0.976. The fourth-order valence-electron chi connectivity index (χ4n) is 1.38. The van der Waals surface area contributed by atoms with E-state index >= 15 is 0 Å². The largest absolute Gasteiger partial charge is 0.383 e. The zero-order valence-electron chi connectivity index (χ0n) is 9.10. The Morgan fingerprint density at radius 3 is 2.71 bits per heavy atom. The number of nitrogens with one attached hydrogen (secondary N) is 1. The standard InChI is InChI=1S/C11H12BrN5/c12-9-7-10(13)17-11(16-9)15-6-3-8-1-4-14-5-2-8/h1-2,4-5,7H,3,6H2,(H3,13,15,16,17). The normalized spacial score (nSPS) is 10.2. The van der Waals surface area contributed by atoms with Crippen molar-refractivity contribution in [3.8, 4) is 0 Å². The lowest BCUT2D eigenvalue weighted by Gasteiger charge is -2.05. The van der Waals surface area contributed by atoms with Gasteiger partial charge in [-0.2, -0.15) is 4.98 Å². The topological polar surface area (TPSA) is 76.7 Å². The molecule has 0 saturated carbocycles. The molecule has 6 heteroatoms. The summed E-state index contributed by atoms with van der Waals surface area (Å²) in [6.45, 7) is 0.750. The first-order valence-electron chi connectivity index (χ1n) is 5.17. The third kappa shape index (κ3) is 3.67. The van der Waals surface area contributed by atoms with Crippen molar-refractivity contribution >= 4 is 27.7 Å². The van der Waals surface area contributed by atoms with Crippen LogP contribution in [0.3, 0.4) is 0 Å². The molecule has 2 aromatic heterocycles. The Balaban J connectivity index is 1.90. The van der Waals surface area contributed by atoms with E-state index in [1.165, 1.54) is 5.56 Å². The van der Waals surface area contributed by atoms with E-state index in [0.29, 0.717) is 16.4 Å². The molecule has 0 aliphatic heterocycles. The summed E-state index contributed by atoms with van der Waals surface area (Å²) in [5, 5.41) is 3.12. The molecule has 2 heterocycles. The average Bonchev–Trinajstić information content (AvgIpc) is 2.29. The summed E-state index contributed by atoms with van der Waals surface area (Å²) >= 11 is 3.27. The van der Waals surface area contributed by atoms with Gasteiger partial charge in [0.1, 0.15) is 10.4 Å². The molecule has 0 aliphatic rings. The Morgan fingerprint density at radius 2 is 2.00 bits per heavy atom. The van der Waals surface area contributed by atoms with Crippen molar-refractivity contribution < 1.29 is 0 Å². The van der Waals surface area contributed by atoms with E-state index in [4.69, 9.17) is 5.73 Å². The van der Waals surface area contributed by atoms with Crippen LogP contribution in [0.1, 0.15) is 5.56 Å². The number of halogens is 1. The third-order valence-corrected chi connectivity index (χ3v) is 2.57. The van der Waals surface area contributed by atoms with Gasteiger partial charge in [0.15, 0.2) is 0 Å². The Bertz CT molecular complexity index is 468. The molecule has 0 aliphatic carbocycles. The van der Waals surface area contributed by atoms with Crippen molar-refractivity contribution in [1.29, 1.82) is 0 Å². The zero-order valence-corrected chi connectivity index (χ0v) is 10.7. The second-order valence-electron chi connectivity index (χ2n) is 3.47. The van der Waals surface area contributed by atoms with E-state index in [-0.39, 0.29) is 0 Å². The van der Waals surface area contributed by atoms with E-state index in [0.717, 1.165) is 13.0 Å². The average molecular weight is 294 g/mol. The van der Waals surface area contributed by atoms with Gasteiger partial charge in [0.2, 0.25) is 5.95 Å². The molecule has 0 aromatic carbocycles. The van der Waals surface area contributed by atoms with Crippen LogP contribution < -0.4 is 11.1 Å². The Hall–Kier alpha value is -1.69. The van der Waals surface area contributed by atoms with E-state index < -0.39 is 0 Å². The van der Waals surface area contributed by atoms with Gasteiger partial charge in [-0.05, 0) is 40.0 Å². The molecule has 17 heavy (non-hydrogen) atoms. The third-order valence-electron chi connectivity index (χ3n) is 2.16. The summed E-state index contributed by atoms with van der Waals surface area (Å²) in [4.78, 5) is 12.2. The summed E-state index contributed by atoms with van der Waals surface area (Å²) in [6.07, 6.45) is 4.45. The maximum Gasteiger partial charge on any atom is 0.225 e. The quantitative estimate of drug-likeness (QED) is 0.842. The van der Waals surface area contributed by atoms with E-state index in [2.05, 4.69) is 36.2 Å². The van der Waals surface area contributed by atoms with Gasteiger partial charge in [-0.1, -0.05) is 0 Å². The van der Waals surface area contributed by atoms with Crippen LogP contribution >= 0.6 is 15.9 Å². The molecular formula is C11H12BrN5. The lowest BCUT2D eigenvalue weighted by atomic mass is 10.2. The van der Waals surface area contributed by atoms with Crippen molar-refractivity contribution in [2.24, 2.45) is 0 Å². The van der Waals surface area contributed by atoms with Gasteiger partial charge in [0.25, 0.3) is 0 Å². The molecule has 0 spiro atoms. The van der Waals surface area contributed by atoms with Crippen LogP contribution in [-0.2, 0) is 6.42 Å². The van der Waals surface area contributed by atoms with Crippen LogP contribution in [0.2, 0.25) is 0 Å². The number of nitrogens with zero attached hydrogens (tertiary/aromatic N) is 3. The first-order chi connectivity index (χ1) is 8.24. The summed E-state index contributed by atoms with van der Waals surface area (Å²) in [6, 6.07) is 5.63. The number of hydrogen-bond acceptors (Lipinski definition) is 5. The number of rotatable bonds is 4. The fourth-order valence-corrected chi connectivity index (χ4v) is 1.78. The highest BCUT2D eigenvalue weighted by atomic mass is 79.9. The van der Waals surface area contributed by atoms with E-state index in [1.807, 2.05) is 12.1 Å². The van der Waals surface area contributed by atoms with Gasteiger partial charge >= 0.3 is 0 Å². The van der Waals surface area contributed by atoms with Crippen molar-refractivity contribution in [2.75, 3.05) is 17.6 Å². The molecule has 3 N–H and O–H groups in total. The number of nitrogen functional groups attached to an aromatic ring is 1. The van der Waals surface area contributed by atoms with Crippen LogP contribution in [0.25, 0.3) is 0 Å². The summed E-state index contributed by atoms with van der Waals surface area (Å²) in [5.41, 5.74) is 6.83. The number of aromatic nitrogens is 3. The minimum atomic E-state index is 0.443. The molecular weight excluding hydrogens is 282 g/mol. The predicted octanol–water partition coefficient (Wildman–Crippen LogP) is 1.87. The molecule has 0 amide bonds. The van der Waals surface area contributed by atoms with Crippen LogP contribution in [0.4, 0.5) is 11.8 Å². The molecule has 2 rings (SSSR count). The maximum atomic E-state index is 5.61. The van der Waals surface area contributed by atoms with Gasteiger partial charge in [-0.3, -0.25) is 4.98 Å².